The maximum Gasteiger partial charge on any atom is 0.573 e. The Balaban J connectivity index is 1.99. The average Bonchev–Trinajstić information content (AvgIpc) is 3.23. The Labute approximate surface area is 275 Å². The number of halogens is 5. The number of rotatable bonds is 12. The van der Waals surface area contributed by atoms with E-state index in [2.05, 4.69) is 64.8 Å². The summed E-state index contributed by atoms with van der Waals surface area (Å²) in [6.07, 6.45) is -4.65. The molecule has 2 amide bonds. The van der Waals surface area contributed by atoms with Gasteiger partial charge in [0.05, 0.1) is 6.54 Å². The Kier molecular flexibility index (Phi) is 11.8. The van der Waals surface area contributed by atoms with Gasteiger partial charge in [-0.1, -0.05) is 50.6 Å². The molecule has 1 heterocycles. The molecular formula is C30H37BrClF3N4O5Si. The Bertz CT molecular complexity index is 1500. The van der Waals surface area contributed by atoms with Crippen molar-refractivity contribution in [3.63, 3.8) is 0 Å². The molecule has 0 radical (unpaired) electrons. The van der Waals surface area contributed by atoms with E-state index in [4.69, 9.17) is 20.8 Å². The molecular weight excluding hydrogens is 697 g/mol. The highest BCUT2D eigenvalue weighted by molar-refractivity contribution is 9.10. The number of likely N-dealkylation sites (N-methyl/N-ethyl adjacent to an activating group) is 2. The maximum atomic E-state index is 14.1. The first kappa shape index (κ1) is 36.4. The summed E-state index contributed by atoms with van der Waals surface area (Å²) in [5, 5.41) is 3.09. The van der Waals surface area contributed by atoms with E-state index in [9.17, 15) is 22.8 Å². The number of ether oxygens (including phenoxy) is 2. The van der Waals surface area contributed by atoms with Gasteiger partial charge in [-0.25, -0.2) is 0 Å². The fourth-order valence-corrected chi connectivity index (χ4v) is 5.79. The van der Waals surface area contributed by atoms with Crippen LogP contribution in [0, 0.1) is 0 Å². The van der Waals surface area contributed by atoms with Crippen LogP contribution < -0.4 is 14.8 Å². The number of carbonyl (C=O) groups is 2. The van der Waals surface area contributed by atoms with Gasteiger partial charge in [0, 0.05) is 31.8 Å². The molecule has 0 saturated carbocycles. The van der Waals surface area contributed by atoms with E-state index in [0.29, 0.717) is 5.02 Å². The zero-order valence-corrected chi connectivity index (χ0v) is 29.4. The predicted octanol–water partition coefficient (Wildman–Crippen LogP) is 7.64. The zero-order valence-electron chi connectivity index (χ0n) is 26.1. The quantitative estimate of drug-likeness (QED) is 0.193. The molecule has 3 rings (SSSR count). The summed E-state index contributed by atoms with van der Waals surface area (Å²) in [6, 6.07) is 10.8. The molecule has 246 valence electrons. The molecule has 0 spiro atoms. The molecule has 45 heavy (non-hydrogen) atoms. The van der Waals surface area contributed by atoms with E-state index < -0.39 is 32.4 Å². The lowest BCUT2D eigenvalue weighted by molar-refractivity contribution is -0.274. The fraction of sp³-hybridized carbons (Fsp3) is 0.433. The Hall–Kier alpha value is -3.07. The van der Waals surface area contributed by atoms with Gasteiger partial charge in [-0.3, -0.25) is 14.2 Å². The molecule has 9 nitrogen and oxygen atoms in total. The Morgan fingerprint density at radius 1 is 1.11 bits per heavy atom. The molecule has 2 aromatic carbocycles. The van der Waals surface area contributed by atoms with Crippen LogP contribution in [-0.2, 0) is 15.8 Å². The van der Waals surface area contributed by atoms with Gasteiger partial charge in [-0.15, -0.1) is 13.2 Å². The monoisotopic (exact) mass is 732 g/mol. The number of hydrogen-bond acceptors (Lipinski definition) is 6. The lowest BCUT2D eigenvalue weighted by atomic mass is 10.1. The van der Waals surface area contributed by atoms with Gasteiger partial charge in [0.15, 0.2) is 8.32 Å². The molecule has 1 unspecified atom stereocenters. The highest BCUT2D eigenvalue weighted by Gasteiger charge is 2.38. The second-order valence-electron chi connectivity index (χ2n) is 11.8. The molecule has 3 aromatic rings. The van der Waals surface area contributed by atoms with Gasteiger partial charge in [0.2, 0.25) is 5.91 Å². The SMILES string of the molecule is CNC(=O)C(CCO[Si](C)(C)C(C)(C)C)N(C)C(=O)c1c(Br)nc(Oc2cccc(OC(F)(F)F)c2)n1Cc1ccc(Cl)cc1. The zero-order chi connectivity index (χ0) is 33.7. The van der Waals surface area contributed by atoms with Crippen molar-refractivity contribution in [2.75, 3.05) is 20.7 Å². The fourth-order valence-electron chi connectivity index (χ4n) is 4.06. The minimum atomic E-state index is -4.89. The molecule has 15 heteroatoms. The molecule has 0 bridgehead atoms. The van der Waals surface area contributed by atoms with E-state index in [1.54, 1.807) is 24.3 Å². The molecule has 0 aliphatic rings. The van der Waals surface area contributed by atoms with Crippen LogP contribution in [0.5, 0.6) is 17.5 Å². The normalized spacial score (nSPS) is 12.9. The third-order valence-corrected chi connectivity index (χ3v) is 12.9. The van der Waals surface area contributed by atoms with Crippen LogP contribution in [0.25, 0.3) is 0 Å². The second-order valence-corrected chi connectivity index (χ2v) is 17.8. The lowest BCUT2D eigenvalue weighted by Crippen LogP contribution is -2.49. The molecule has 0 aliphatic heterocycles. The minimum absolute atomic E-state index is 0.00928. The summed E-state index contributed by atoms with van der Waals surface area (Å²) in [5.41, 5.74) is 0.787. The predicted molar refractivity (Wildman–Crippen MR) is 171 cm³/mol. The van der Waals surface area contributed by atoms with Crippen molar-refractivity contribution in [3.05, 3.63) is 69.4 Å². The van der Waals surface area contributed by atoms with Crippen molar-refractivity contribution in [3.8, 4) is 17.5 Å². The summed E-state index contributed by atoms with van der Waals surface area (Å²) >= 11 is 9.42. The van der Waals surface area contributed by atoms with Crippen LogP contribution in [0.15, 0.2) is 53.1 Å². The van der Waals surface area contributed by atoms with Crippen molar-refractivity contribution >= 4 is 47.7 Å². The van der Waals surface area contributed by atoms with Gasteiger partial charge in [-0.05, 0) is 70.3 Å². The largest absolute Gasteiger partial charge is 0.573 e. The van der Waals surface area contributed by atoms with Gasteiger partial charge in [0.25, 0.3) is 5.91 Å². The van der Waals surface area contributed by atoms with Crippen LogP contribution in [0.2, 0.25) is 23.2 Å². The first-order valence-corrected chi connectivity index (χ1v) is 18.1. The van der Waals surface area contributed by atoms with Gasteiger partial charge >= 0.3 is 12.4 Å². The smallest absolute Gasteiger partial charge is 0.425 e. The Morgan fingerprint density at radius 3 is 2.31 bits per heavy atom. The number of nitrogens with one attached hydrogen (secondary N) is 1. The number of carbonyl (C=O) groups excluding carboxylic acids is 2. The van der Waals surface area contributed by atoms with Crippen LogP contribution in [-0.4, -0.2) is 67.7 Å². The van der Waals surface area contributed by atoms with Gasteiger partial charge in [-0.2, -0.15) is 4.98 Å². The topological polar surface area (TPSA) is 94.9 Å². The second kappa shape index (κ2) is 14.6. The standard InChI is InChI=1S/C30H37BrClF3N4O5Si/c1-29(2,3)45(6,7)42-16-15-23(26(40)36-4)38(5)27(41)24-25(31)37-28(39(24)18-19-11-13-20(32)14-12-19)43-21-9-8-10-22(17-21)44-30(33,34)35/h8-14,17,23H,15-16,18H2,1-7H3,(H,36,40). The third-order valence-electron chi connectivity index (χ3n) is 7.59. The summed E-state index contributed by atoms with van der Waals surface area (Å²) in [5.74, 6) is -1.42. The number of nitrogens with zero attached hydrogens (tertiary/aromatic N) is 3. The van der Waals surface area contributed by atoms with E-state index in [1.165, 1.54) is 35.7 Å². The van der Waals surface area contributed by atoms with E-state index >= 15 is 0 Å². The van der Waals surface area contributed by atoms with Crippen molar-refractivity contribution < 1.29 is 36.7 Å². The van der Waals surface area contributed by atoms with Gasteiger partial charge < -0.3 is 24.1 Å². The van der Waals surface area contributed by atoms with E-state index in [1.807, 2.05) is 0 Å². The van der Waals surface area contributed by atoms with Crippen molar-refractivity contribution in [1.29, 1.82) is 0 Å². The summed E-state index contributed by atoms with van der Waals surface area (Å²) in [7, 11) is 0.892. The molecule has 0 aliphatic carbocycles. The first-order valence-electron chi connectivity index (χ1n) is 14.0. The first-order chi connectivity index (χ1) is 20.8. The Morgan fingerprint density at radius 2 is 1.73 bits per heavy atom. The van der Waals surface area contributed by atoms with E-state index in [-0.39, 0.29) is 52.6 Å². The molecule has 0 fully saturated rings. The number of alkyl halides is 3. The van der Waals surface area contributed by atoms with Crippen molar-refractivity contribution in [2.45, 2.75) is 64.3 Å². The number of hydrogen-bond donors (Lipinski definition) is 1. The highest BCUT2D eigenvalue weighted by Crippen LogP contribution is 2.37. The van der Waals surface area contributed by atoms with Gasteiger partial charge in [0.1, 0.15) is 27.8 Å². The number of benzene rings is 2. The minimum Gasteiger partial charge on any atom is -0.425 e. The number of amides is 2. The number of aromatic nitrogens is 2. The van der Waals surface area contributed by atoms with Crippen LogP contribution in [0.1, 0.15) is 43.2 Å². The molecule has 1 atom stereocenters. The molecule has 1 N–H and O–H groups in total. The number of imidazole rings is 1. The molecule has 1 aromatic heterocycles. The van der Waals surface area contributed by atoms with Crippen molar-refractivity contribution in [2.24, 2.45) is 0 Å². The van der Waals surface area contributed by atoms with Crippen LogP contribution in [0.4, 0.5) is 13.2 Å². The van der Waals surface area contributed by atoms with E-state index in [0.717, 1.165) is 17.7 Å². The van der Waals surface area contributed by atoms with Crippen LogP contribution in [0.3, 0.4) is 0 Å². The third kappa shape index (κ3) is 9.71. The highest BCUT2D eigenvalue weighted by atomic mass is 79.9. The summed E-state index contributed by atoms with van der Waals surface area (Å²) in [4.78, 5) is 32.8. The van der Waals surface area contributed by atoms with Crippen molar-refractivity contribution in [1.82, 2.24) is 19.8 Å². The summed E-state index contributed by atoms with van der Waals surface area (Å²) < 4.78 is 56.2. The lowest BCUT2D eigenvalue weighted by Gasteiger charge is -2.37. The summed E-state index contributed by atoms with van der Waals surface area (Å²) in [6.45, 7) is 10.9. The maximum absolute atomic E-state index is 14.1. The van der Waals surface area contributed by atoms with Crippen LogP contribution >= 0.6 is 27.5 Å². The molecule has 0 saturated heterocycles. The average molecular weight is 734 g/mol.